The van der Waals surface area contributed by atoms with E-state index < -0.39 is 11.6 Å². The van der Waals surface area contributed by atoms with Crippen molar-refractivity contribution in [1.82, 2.24) is 10.1 Å². The van der Waals surface area contributed by atoms with Gasteiger partial charge in [-0.2, -0.15) is 0 Å². The number of aromatic nitrogens is 1. The van der Waals surface area contributed by atoms with Gasteiger partial charge < -0.3 is 23.6 Å². The van der Waals surface area contributed by atoms with Crippen LogP contribution in [-0.2, 0) is 9.47 Å². The minimum absolute atomic E-state index is 0.0297. The minimum Gasteiger partial charge on any atom is -0.473 e. The smallest absolute Gasteiger partial charge is 0.410 e. The van der Waals surface area contributed by atoms with E-state index in [1.54, 1.807) is 4.90 Å². The maximum Gasteiger partial charge on any atom is 0.410 e. The second-order valence-corrected chi connectivity index (χ2v) is 6.30. The van der Waals surface area contributed by atoms with Crippen LogP contribution in [-0.4, -0.2) is 54.0 Å². The van der Waals surface area contributed by atoms with Crippen molar-refractivity contribution >= 4 is 12.1 Å². The van der Waals surface area contributed by atoms with Gasteiger partial charge in [-0.1, -0.05) is 0 Å². The highest BCUT2D eigenvalue weighted by atomic mass is 16.6. The SMILES string of the molecule is COC(=O)c1cc(OC[C@H]2CCCN2C(=O)OC(C)(C)C)no1. The van der Waals surface area contributed by atoms with Crippen molar-refractivity contribution in [2.45, 2.75) is 45.3 Å². The quantitative estimate of drug-likeness (QED) is 0.784. The third kappa shape index (κ3) is 4.61. The van der Waals surface area contributed by atoms with E-state index in [0.717, 1.165) is 12.8 Å². The van der Waals surface area contributed by atoms with Crippen LogP contribution in [0.3, 0.4) is 0 Å². The molecule has 0 aromatic carbocycles. The van der Waals surface area contributed by atoms with Crippen LogP contribution in [0.5, 0.6) is 5.88 Å². The lowest BCUT2D eigenvalue weighted by Gasteiger charge is -2.28. The second-order valence-electron chi connectivity index (χ2n) is 6.30. The topological polar surface area (TPSA) is 91.1 Å². The van der Waals surface area contributed by atoms with Gasteiger partial charge in [-0.05, 0) is 38.8 Å². The van der Waals surface area contributed by atoms with Crippen molar-refractivity contribution in [2.75, 3.05) is 20.3 Å². The van der Waals surface area contributed by atoms with Crippen molar-refractivity contribution in [2.24, 2.45) is 0 Å². The maximum absolute atomic E-state index is 12.2. The van der Waals surface area contributed by atoms with Crippen LogP contribution in [0.15, 0.2) is 10.6 Å². The van der Waals surface area contributed by atoms with Crippen molar-refractivity contribution < 1.29 is 28.3 Å². The summed E-state index contributed by atoms with van der Waals surface area (Å²) in [6.45, 7) is 6.38. The first-order valence-corrected chi connectivity index (χ1v) is 7.47. The molecular weight excluding hydrogens is 304 g/mol. The molecule has 1 saturated heterocycles. The summed E-state index contributed by atoms with van der Waals surface area (Å²) >= 11 is 0. The summed E-state index contributed by atoms with van der Waals surface area (Å²) in [5.41, 5.74) is -0.535. The number of nitrogens with zero attached hydrogens (tertiary/aromatic N) is 2. The summed E-state index contributed by atoms with van der Waals surface area (Å²) in [6.07, 6.45) is 1.36. The molecule has 0 aliphatic carbocycles. The Kier molecular flexibility index (Phi) is 5.12. The van der Waals surface area contributed by atoms with Gasteiger partial charge >= 0.3 is 12.1 Å². The molecule has 0 bridgehead atoms. The van der Waals surface area contributed by atoms with Gasteiger partial charge in [0.1, 0.15) is 12.2 Å². The molecular formula is C15H22N2O6. The molecule has 0 N–H and O–H groups in total. The van der Waals surface area contributed by atoms with Crippen molar-refractivity contribution in [3.05, 3.63) is 11.8 Å². The number of carbonyl (C=O) groups is 2. The molecule has 1 aliphatic heterocycles. The molecule has 0 radical (unpaired) electrons. The average molecular weight is 326 g/mol. The fourth-order valence-corrected chi connectivity index (χ4v) is 2.28. The first-order chi connectivity index (χ1) is 10.8. The van der Waals surface area contributed by atoms with Gasteiger partial charge in [0.15, 0.2) is 0 Å². The molecule has 1 aromatic heterocycles. The number of hydrogen-bond acceptors (Lipinski definition) is 7. The highest BCUT2D eigenvalue weighted by Gasteiger charge is 2.32. The van der Waals surface area contributed by atoms with Crippen molar-refractivity contribution in [1.29, 1.82) is 0 Å². The standard InChI is InChI=1S/C15H22N2O6/c1-15(2,3)22-14(19)17-7-5-6-10(17)9-21-12-8-11(23-16-12)13(18)20-4/h8,10H,5-7,9H2,1-4H3/t10-/m1/s1. The van der Waals surface area contributed by atoms with Crippen LogP contribution < -0.4 is 4.74 Å². The zero-order valence-electron chi connectivity index (χ0n) is 13.8. The molecule has 0 spiro atoms. The zero-order valence-corrected chi connectivity index (χ0v) is 13.8. The Morgan fingerprint density at radius 1 is 1.43 bits per heavy atom. The Morgan fingerprint density at radius 2 is 2.17 bits per heavy atom. The highest BCUT2D eigenvalue weighted by Crippen LogP contribution is 2.22. The number of likely N-dealkylation sites (tertiary alicyclic amines) is 1. The van der Waals surface area contributed by atoms with Gasteiger partial charge in [0.25, 0.3) is 5.88 Å². The zero-order chi connectivity index (χ0) is 17.0. The van der Waals surface area contributed by atoms with E-state index in [2.05, 4.69) is 9.89 Å². The van der Waals surface area contributed by atoms with Gasteiger partial charge in [-0.15, -0.1) is 0 Å². The Balaban J connectivity index is 1.90. The lowest BCUT2D eigenvalue weighted by molar-refractivity contribution is 0.0184. The van der Waals surface area contributed by atoms with Crippen LogP contribution in [0.1, 0.15) is 44.2 Å². The first-order valence-electron chi connectivity index (χ1n) is 7.47. The number of amides is 1. The lowest BCUT2D eigenvalue weighted by Crippen LogP contribution is -2.42. The summed E-state index contributed by atoms with van der Waals surface area (Å²) in [5.74, 6) is -0.469. The molecule has 1 atom stereocenters. The predicted octanol–water partition coefficient (Wildman–Crippen LogP) is 2.24. The fourth-order valence-electron chi connectivity index (χ4n) is 2.28. The molecule has 0 unspecified atom stereocenters. The molecule has 1 fully saturated rings. The normalized spacial score (nSPS) is 17.9. The van der Waals surface area contributed by atoms with E-state index in [1.807, 2.05) is 20.8 Å². The molecule has 1 aromatic rings. The summed E-state index contributed by atoms with van der Waals surface area (Å²) in [7, 11) is 1.25. The number of methoxy groups -OCH3 is 1. The monoisotopic (exact) mass is 326 g/mol. The summed E-state index contributed by atoms with van der Waals surface area (Å²) in [5, 5.41) is 3.64. The molecule has 0 saturated carbocycles. The highest BCUT2D eigenvalue weighted by molar-refractivity contribution is 5.86. The van der Waals surface area contributed by atoms with Gasteiger partial charge in [0.2, 0.25) is 5.76 Å². The number of carbonyl (C=O) groups excluding carboxylic acids is 2. The maximum atomic E-state index is 12.2. The molecule has 1 aliphatic rings. The van der Waals surface area contributed by atoms with E-state index in [4.69, 9.17) is 14.0 Å². The van der Waals surface area contributed by atoms with E-state index >= 15 is 0 Å². The molecule has 8 heteroatoms. The molecule has 1 amide bonds. The first kappa shape index (κ1) is 17.1. The summed E-state index contributed by atoms with van der Waals surface area (Å²) < 4.78 is 20.2. The third-order valence-electron chi connectivity index (χ3n) is 3.30. The fraction of sp³-hybridized carbons (Fsp3) is 0.667. The van der Waals surface area contributed by atoms with Crippen molar-refractivity contribution in [3.8, 4) is 5.88 Å². The van der Waals surface area contributed by atoms with Crippen LogP contribution in [0, 0.1) is 0 Å². The average Bonchev–Trinajstić information content (AvgIpc) is 3.11. The predicted molar refractivity (Wildman–Crippen MR) is 79.3 cm³/mol. The Morgan fingerprint density at radius 3 is 2.83 bits per heavy atom. The Bertz CT molecular complexity index is 563. The van der Waals surface area contributed by atoms with Crippen LogP contribution in [0.2, 0.25) is 0 Å². The Hall–Kier alpha value is -2.25. The van der Waals surface area contributed by atoms with E-state index in [0.29, 0.717) is 6.54 Å². The van der Waals surface area contributed by atoms with Gasteiger partial charge in [-0.3, -0.25) is 0 Å². The molecule has 128 valence electrons. The van der Waals surface area contributed by atoms with E-state index in [1.165, 1.54) is 13.2 Å². The molecule has 2 heterocycles. The van der Waals surface area contributed by atoms with E-state index in [9.17, 15) is 9.59 Å². The molecule has 2 rings (SSSR count). The number of esters is 1. The van der Waals surface area contributed by atoms with E-state index in [-0.39, 0.29) is 30.4 Å². The summed E-state index contributed by atoms with van der Waals surface area (Å²) in [4.78, 5) is 25.1. The number of ether oxygens (including phenoxy) is 3. The lowest BCUT2D eigenvalue weighted by atomic mass is 10.2. The van der Waals surface area contributed by atoms with Crippen LogP contribution in [0.25, 0.3) is 0 Å². The minimum atomic E-state index is -0.622. The third-order valence-corrected chi connectivity index (χ3v) is 3.30. The second kappa shape index (κ2) is 6.89. The Labute approximate surface area is 134 Å². The molecule has 23 heavy (non-hydrogen) atoms. The number of hydrogen-bond donors (Lipinski definition) is 0. The van der Waals surface area contributed by atoms with Gasteiger partial charge in [0.05, 0.1) is 19.2 Å². The largest absolute Gasteiger partial charge is 0.473 e. The van der Waals surface area contributed by atoms with Crippen molar-refractivity contribution in [3.63, 3.8) is 0 Å². The van der Waals surface area contributed by atoms with Crippen LogP contribution in [0.4, 0.5) is 4.79 Å². The summed E-state index contributed by atoms with van der Waals surface area (Å²) in [6, 6.07) is 1.27. The number of rotatable bonds is 4. The molecule has 8 nitrogen and oxygen atoms in total. The van der Waals surface area contributed by atoms with Gasteiger partial charge in [0, 0.05) is 6.54 Å². The van der Waals surface area contributed by atoms with Crippen LogP contribution >= 0.6 is 0 Å². The van der Waals surface area contributed by atoms with Gasteiger partial charge in [-0.25, -0.2) is 9.59 Å².